The van der Waals surface area contributed by atoms with Crippen LogP contribution in [0.5, 0.6) is 0 Å². The van der Waals surface area contributed by atoms with E-state index in [0.29, 0.717) is 12.5 Å². The first-order chi connectivity index (χ1) is 13.6. The van der Waals surface area contributed by atoms with Crippen LogP contribution in [0.2, 0.25) is 0 Å². The molecule has 0 radical (unpaired) electrons. The highest BCUT2D eigenvalue weighted by atomic mass is 32.1. The highest BCUT2D eigenvalue weighted by Gasteiger charge is 2.25. The minimum Gasteiger partial charge on any atom is -0.342 e. The molecule has 1 aliphatic heterocycles. The van der Waals surface area contributed by atoms with Crippen molar-refractivity contribution in [2.75, 3.05) is 38.0 Å². The first kappa shape index (κ1) is 20.7. The molecule has 1 fully saturated rings. The molecule has 3 heterocycles. The number of likely N-dealkylation sites (N-methyl/N-ethyl adjacent to an activating group) is 1. The van der Waals surface area contributed by atoms with Gasteiger partial charge in [-0.25, -0.2) is 4.98 Å². The van der Waals surface area contributed by atoms with Crippen molar-refractivity contribution in [3.05, 3.63) is 28.9 Å². The predicted molar refractivity (Wildman–Crippen MR) is 113 cm³/mol. The van der Waals surface area contributed by atoms with Crippen LogP contribution in [0.15, 0.2) is 18.2 Å². The minimum atomic E-state index is 0.219. The van der Waals surface area contributed by atoms with Gasteiger partial charge in [0.25, 0.3) is 0 Å². The smallest absolute Gasteiger partial charge is 0.236 e. The maximum atomic E-state index is 12.4. The number of aromatic nitrogens is 3. The van der Waals surface area contributed by atoms with E-state index >= 15 is 0 Å². The maximum Gasteiger partial charge on any atom is 0.236 e. The third-order valence-corrected chi connectivity index (χ3v) is 6.16. The molecule has 0 aromatic carbocycles. The monoisotopic (exact) mass is 402 g/mol. The average molecular weight is 403 g/mol. The molecule has 0 aliphatic carbocycles. The number of amides is 1. The number of carbonyl (C=O) groups excluding carboxylic acids is 1. The standard InChI is InChI=1S/C20H30N6OS/c1-4-18-23-24-20(28-18)22-17-11-7-10-16(21-17)15-9-8-12-25(13-15)14-19(27)26(5-2)6-3/h7,10-11,15H,4-6,8-9,12-14H2,1-3H3,(H,21,22,24). The van der Waals surface area contributed by atoms with Gasteiger partial charge < -0.3 is 10.2 Å². The number of likely N-dealkylation sites (tertiary alicyclic amines) is 1. The topological polar surface area (TPSA) is 74.2 Å². The first-order valence-electron chi connectivity index (χ1n) is 10.2. The number of nitrogens with one attached hydrogen (secondary N) is 1. The van der Waals surface area contributed by atoms with Crippen LogP contribution in [0.1, 0.15) is 50.2 Å². The lowest BCUT2D eigenvalue weighted by Crippen LogP contribution is -2.43. The van der Waals surface area contributed by atoms with Crippen LogP contribution in [0.3, 0.4) is 0 Å². The van der Waals surface area contributed by atoms with Crippen LogP contribution in [-0.2, 0) is 11.2 Å². The Morgan fingerprint density at radius 3 is 2.82 bits per heavy atom. The molecule has 1 N–H and O–H groups in total. The Morgan fingerprint density at radius 1 is 1.29 bits per heavy atom. The fourth-order valence-corrected chi connectivity index (χ4v) is 4.30. The van der Waals surface area contributed by atoms with Crippen molar-refractivity contribution < 1.29 is 4.79 Å². The van der Waals surface area contributed by atoms with E-state index in [9.17, 15) is 4.79 Å². The number of aryl methyl sites for hydroxylation is 1. The van der Waals surface area contributed by atoms with E-state index < -0.39 is 0 Å². The average Bonchev–Trinajstić information content (AvgIpc) is 3.17. The summed E-state index contributed by atoms with van der Waals surface area (Å²) in [5, 5.41) is 13.4. The minimum absolute atomic E-state index is 0.219. The number of carbonyl (C=O) groups is 1. The molecular weight excluding hydrogens is 372 g/mol. The molecule has 0 spiro atoms. The molecule has 152 valence electrons. The Hall–Kier alpha value is -2.06. The van der Waals surface area contributed by atoms with Crippen molar-refractivity contribution >= 4 is 28.2 Å². The van der Waals surface area contributed by atoms with Crippen LogP contribution in [0.4, 0.5) is 10.9 Å². The Balaban J connectivity index is 1.63. The van der Waals surface area contributed by atoms with Gasteiger partial charge in [0.05, 0.1) is 6.54 Å². The Kier molecular flexibility index (Phi) is 7.33. The van der Waals surface area contributed by atoms with Crippen LogP contribution >= 0.6 is 11.3 Å². The van der Waals surface area contributed by atoms with Gasteiger partial charge in [-0.1, -0.05) is 24.3 Å². The molecule has 7 nitrogen and oxygen atoms in total. The van der Waals surface area contributed by atoms with E-state index in [0.717, 1.165) is 67.1 Å². The summed E-state index contributed by atoms with van der Waals surface area (Å²) >= 11 is 1.56. The summed E-state index contributed by atoms with van der Waals surface area (Å²) in [6.07, 6.45) is 3.08. The lowest BCUT2D eigenvalue weighted by Gasteiger charge is -2.33. The predicted octanol–water partition coefficient (Wildman–Crippen LogP) is 3.29. The fraction of sp³-hybridized carbons (Fsp3) is 0.600. The second-order valence-electron chi connectivity index (χ2n) is 7.07. The van der Waals surface area contributed by atoms with Gasteiger partial charge >= 0.3 is 0 Å². The van der Waals surface area contributed by atoms with E-state index in [2.05, 4.69) is 33.4 Å². The Labute approximate surface area is 171 Å². The van der Waals surface area contributed by atoms with Crippen LogP contribution < -0.4 is 5.32 Å². The summed E-state index contributed by atoms with van der Waals surface area (Å²) in [6, 6.07) is 6.08. The molecule has 1 unspecified atom stereocenters. The number of rotatable bonds is 8. The van der Waals surface area contributed by atoms with Crippen molar-refractivity contribution in [2.24, 2.45) is 0 Å². The molecule has 0 saturated carbocycles. The van der Waals surface area contributed by atoms with E-state index in [1.54, 1.807) is 11.3 Å². The lowest BCUT2D eigenvalue weighted by atomic mass is 9.94. The van der Waals surface area contributed by atoms with Crippen LogP contribution in [0.25, 0.3) is 0 Å². The van der Waals surface area contributed by atoms with Gasteiger partial charge in [-0.05, 0) is 51.8 Å². The zero-order chi connectivity index (χ0) is 19.9. The van der Waals surface area contributed by atoms with E-state index in [1.807, 2.05) is 30.9 Å². The third kappa shape index (κ3) is 5.26. The summed E-state index contributed by atoms with van der Waals surface area (Å²) in [5.41, 5.74) is 1.07. The second kappa shape index (κ2) is 9.93. The van der Waals surface area contributed by atoms with E-state index in [1.165, 1.54) is 0 Å². The van der Waals surface area contributed by atoms with E-state index in [4.69, 9.17) is 4.98 Å². The third-order valence-electron chi connectivity index (χ3n) is 5.17. The van der Waals surface area contributed by atoms with Crippen LogP contribution in [0, 0.1) is 0 Å². The molecule has 2 aromatic rings. The van der Waals surface area contributed by atoms with Gasteiger partial charge in [0, 0.05) is 31.2 Å². The number of hydrogen-bond acceptors (Lipinski definition) is 7. The molecule has 3 rings (SSSR count). The number of pyridine rings is 1. The molecular formula is C20H30N6OS. The summed E-state index contributed by atoms with van der Waals surface area (Å²) in [6.45, 7) is 10.0. The molecule has 8 heteroatoms. The number of hydrogen-bond donors (Lipinski definition) is 1. The SMILES string of the molecule is CCc1nnc(Nc2cccc(C3CCCN(CC(=O)N(CC)CC)C3)n2)s1. The second-order valence-corrected chi connectivity index (χ2v) is 8.13. The van der Waals surface area contributed by atoms with Gasteiger partial charge in [-0.2, -0.15) is 0 Å². The van der Waals surface area contributed by atoms with Gasteiger partial charge in [0.15, 0.2) is 0 Å². The van der Waals surface area contributed by atoms with Gasteiger partial charge in [0.1, 0.15) is 10.8 Å². The van der Waals surface area contributed by atoms with Crippen molar-refractivity contribution in [3.8, 4) is 0 Å². The zero-order valence-electron chi connectivity index (χ0n) is 17.0. The van der Waals surface area contributed by atoms with E-state index in [-0.39, 0.29) is 5.91 Å². The quantitative estimate of drug-likeness (QED) is 0.730. The number of piperidine rings is 1. The Morgan fingerprint density at radius 2 is 2.11 bits per heavy atom. The largest absolute Gasteiger partial charge is 0.342 e. The maximum absolute atomic E-state index is 12.4. The lowest BCUT2D eigenvalue weighted by molar-refractivity contribution is -0.132. The van der Waals surface area contributed by atoms with Gasteiger partial charge in [0.2, 0.25) is 11.0 Å². The highest BCUT2D eigenvalue weighted by Crippen LogP contribution is 2.27. The number of anilines is 2. The van der Waals surface area contributed by atoms with Crippen molar-refractivity contribution in [1.29, 1.82) is 0 Å². The molecule has 1 aliphatic rings. The van der Waals surface area contributed by atoms with Crippen molar-refractivity contribution in [3.63, 3.8) is 0 Å². The van der Waals surface area contributed by atoms with Crippen molar-refractivity contribution in [1.82, 2.24) is 25.0 Å². The molecule has 0 bridgehead atoms. The fourth-order valence-electron chi connectivity index (χ4n) is 3.61. The molecule has 28 heavy (non-hydrogen) atoms. The summed E-state index contributed by atoms with van der Waals surface area (Å²) < 4.78 is 0. The number of nitrogens with zero attached hydrogens (tertiary/aromatic N) is 5. The zero-order valence-corrected chi connectivity index (χ0v) is 17.8. The summed E-state index contributed by atoms with van der Waals surface area (Å²) in [5.74, 6) is 1.37. The molecule has 2 aromatic heterocycles. The highest BCUT2D eigenvalue weighted by molar-refractivity contribution is 7.15. The normalized spacial score (nSPS) is 17.5. The summed E-state index contributed by atoms with van der Waals surface area (Å²) in [7, 11) is 0. The first-order valence-corrected chi connectivity index (χ1v) is 11.0. The van der Waals surface area contributed by atoms with Gasteiger partial charge in [-0.15, -0.1) is 10.2 Å². The van der Waals surface area contributed by atoms with Gasteiger partial charge in [-0.3, -0.25) is 9.69 Å². The van der Waals surface area contributed by atoms with Crippen LogP contribution in [-0.4, -0.2) is 63.6 Å². The Bertz CT molecular complexity index is 776. The molecule has 1 saturated heterocycles. The molecule has 1 atom stereocenters. The van der Waals surface area contributed by atoms with Crippen molar-refractivity contribution in [2.45, 2.75) is 46.0 Å². The summed E-state index contributed by atoms with van der Waals surface area (Å²) in [4.78, 5) is 21.4. The molecule has 1 amide bonds.